The number of hydrogen-bond donors (Lipinski definition) is 2. The largest absolute Gasteiger partial charge is 0.497 e. The molecule has 0 aliphatic rings. The van der Waals surface area contributed by atoms with Crippen molar-refractivity contribution in [2.24, 2.45) is 5.84 Å². The van der Waals surface area contributed by atoms with Gasteiger partial charge in [0.25, 0.3) is 0 Å². The fourth-order valence-electron chi connectivity index (χ4n) is 0.865. The predicted octanol–water partition coefficient (Wildman–Crippen LogP) is 0.852. The molecule has 12 heavy (non-hydrogen) atoms. The summed E-state index contributed by atoms with van der Waals surface area (Å²) >= 11 is 0. The molecule has 0 unspecified atom stereocenters. The minimum Gasteiger partial charge on any atom is -0.497 e. The fourth-order valence-corrected chi connectivity index (χ4v) is 0.865. The maximum Gasteiger partial charge on any atom is 0.122 e. The summed E-state index contributed by atoms with van der Waals surface area (Å²) in [6.45, 7) is 0. The molecule has 1 aromatic rings. The molecular formula is C8H9N3O. The van der Waals surface area contributed by atoms with Crippen LogP contribution in [0.1, 0.15) is 5.56 Å². The summed E-state index contributed by atoms with van der Waals surface area (Å²) in [6.07, 6.45) is 0. The van der Waals surface area contributed by atoms with E-state index in [1.54, 1.807) is 18.2 Å². The van der Waals surface area contributed by atoms with Crippen molar-refractivity contribution in [2.75, 3.05) is 12.5 Å². The zero-order valence-electron chi connectivity index (χ0n) is 6.66. The molecule has 1 rings (SSSR count). The Hall–Kier alpha value is -1.73. The van der Waals surface area contributed by atoms with Crippen LogP contribution in [0, 0.1) is 11.3 Å². The maximum atomic E-state index is 8.60. The molecule has 4 nitrogen and oxygen atoms in total. The second-order valence-electron chi connectivity index (χ2n) is 2.21. The van der Waals surface area contributed by atoms with Crippen LogP contribution < -0.4 is 16.0 Å². The maximum absolute atomic E-state index is 8.60. The third-order valence-corrected chi connectivity index (χ3v) is 1.44. The van der Waals surface area contributed by atoms with E-state index in [-0.39, 0.29) is 0 Å². The van der Waals surface area contributed by atoms with Crippen LogP contribution in [0.5, 0.6) is 5.75 Å². The number of nitrogens with one attached hydrogen (secondary N) is 1. The van der Waals surface area contributed by atoms with Crippen molar-refractivity contribution in [3.8, 4) is 11.8 Å². The number of benzene rings is 1. The van der Waals surface area contributed by atoms with E-state index in [1.165, 1.54) is 7.11 Å². The van der Waals surface area contributed by atoms with E-state index >= 15 is 0 Å². The van der Waals surface area contributed by atoms with Gasteiger partial charge in [-0.1, -0.05) is 0 Å². The van der Waals surface area contributed by atoms with Crippen LogP contribution in [0.4, 0.5) is 5.69 Å². The zero-order valence-corrected chi connectivity index (χ0v) is 6.66. The predicted molar refractivity (Wildman–Crippen MR) is 45.5 cm³/mol. The van der Waals surface area contributed by atoms with Crippen LogP contribution in [-0.4, -0.2) is 7.11 Å². The zero-order chi connectivity index (χ0) is 8.97. The number of hydrazine groups is 1. The van der Waals surface area contributed by atoms with E-state index < -0.39 is 0 Å². The minimum atomic E-state index is 0.516. The summed E-state index contributed by atoms with van der Waals surface area (Å²) in [4.78, 5) is 0. The summed E-state index contributed by atoms with van der Waals surface area (Å²) in [6, 6.07) is 6.99. The lowest BCUT2D eigenvalue weighted by Crippen LogP contribution is -2.06. The third kappa shape index (κ3) is 1.65. The molecule has 62 valence electrons. The Morgan fingerprint density at radius 1 is 1.50 bits per heavy atom. The molecule has 0 atom stereocenters. The molecule has 0 fully saturated rings. The van der Waals surface area contributed by atoms with E-state index in [4.69, 9.17) is 15.8 Å². The van der Waals surface area contributed by atoms with E-state index in [0.29, 0.717) is 17.0 Å². The van der Waals surface area contributed by atoms with Crippen LogP contribution in [0.25, 0.3) is 0 Å². The SMILES string of the molecule is COc1cc(C#N)cc(NN)c1. The van der Waals surface area contributed by atoms with Gasteiger partial charge in [-0.05, 0) is 12.1 Å². The van der Waals surface area contributed by atoms with Gasteiger partial charge >= 0.3 is 0 Å². The molecule has 0 saturated heterocycles. The smallest absolute Gasteiger partial charge is 0.122 e. The molecule has 0 aliphatic heterocycles. The van der Waals surface area contributed by atoms with Gasteiger partial charge in [-0.15, -0.1) is 0 Å². The molecule has 0 spiro atoms. The number of ether oxygens (including phenoxy) is 1. The lowest BCUT2D eigenvalue weighted by Gasteiger charge is -2.03. The molecule has 0 radical (unpaired) electrons. The average Bonchev–Trinajstić information content (AvgIpc) is 2.16. The Labute approximate surface area is 70.5 Å². The summed E-state index contributed by atoms with van der Waals surface area (Å²) in [5.41, 5.74) is 3.62. The van der Waals surface area contributed by atoms with Crippen molar-refractivity contribution < 1.29 is 4.74 Å². The van der Waals surface area contributed by atoms with Gasteiger partial charge in [0.1, 0.15) is 5.75 Å². The Morgan fingerprint density at radius 3 is 2.75 bits per heavy atom. The molecule has 0 amide bonds. The van der Waals surface area contributed by atoms with E-state index in [9.17, 15) is 0 Å². The number of nitrogens with two attached hydrogens (primary N) is 1. The number of rotatable bonds is 2. The van der Waals surface area contributed by atoms with Gasteiger partial charge in [0.15, 0.2) is 0 Å². The third-order valence-electron chi connectivity index (χ3n) is 1.44. The Morgan fingerprint density at radius 2 is 2.25 bits per heavy atom. The van der Waals surface area contributed by atoms with Gasteiger partial charge in [-0.2, -0.15) is 5.26 Å². The molecule has 0 saturated carbocycles. The lowest BCUT2D eigenvalue weighted by atomic mass is 10.2. The molecule has 4 heteroatoms. The lowest BCUT2D eigenvalue weighted by molar-refractivity contribution is 0.415. The summed E-state index contributed by atoms with van der Waals surface area (Å²) in [7, 11) is 1.54. The van der Waals surface area contributed by atoms with Gasteiger partial charge in [0, 0.05) is 6.07 Å². The van der Waals surface area contributed by atoms with E-state index in [1.807, 2.05) is 6.07 Å². The molecule has 0 aromatic heterocycles. The average molecular weight is 163 g/mol. The topological polar surface area (TPSA) is 71.1 Å². The number of nitrogen functional groups attached to an aromatic ring is 1. The second-order valence-corrected chi connectivity index (χ2v) is 2.21. The van der Waals surface area contributed by atoms with Gasteiger partial charge in [0.05, 0.1) is 24.4 Å². The number of methoxy groups -OCH3 is 1. The van der Waals surface area contributed by atoms with Crippen molar-refractivity contribution in [3.05, 3.63) is 23.8 Å². The van der Waals surface area contributed by atoms with Crippen LogP contribution in [0.3, 0.4) is 0 Å². The normalized spacial score (nSPS) is 8.75. The van der Waals surface area contributed by atoms with Crippen molar-refractivity contribution in [1.29, 1.82) is 5.26 Å². The second kappa shape index (κ2) is 3.60. The molecule has 1 aromatic carbocycles. The van der Waals surface area contributed by atoms with Crippen molar-refractivity contribution in [3.63, 3.8) is 0 Å². The van der Waals surface area contributed by atoms with Crippen molar-refractivity contribution in [2.45, 2.75) is 0 Å². The van der Waals surface area contributed by atoms with Gasteiger partial charge in [-0.25, -0.2) is 0 Å². The van der Waals surface area contributed by atoms with Gasteiger partial charge < -0.3 is 10.2 Å². The first-order valence-corrected chi connectivity index (χ1v) is 3.36. The Kier molecular flexibility index (Phi) is 2.51. The van der Waals surface area contributed by atoms with Gasteiger partial charge in [-0.3, -0.25) is 5.84 Å². The Bertz CT molecular complexity index is 294. The minimum absolute atomic E-state index is 0.516. The quantitative estimate of drug-likeness (QED) is 0.501. The van der Waals surface area contributed by atoms with Crippen LogP contribution in [0.2, 0.25) is 0 Å². The van der Waals surface area contributed by atoms with Crippen molar-refractivity contribution >= 4 is 5.69 Å². The molecular weight excluding hydrogens is 154 g/mol. The van der Waals surface area contributed by atoms with Crippen LogP contribution in [0.15, 0.2) is 18.2 Å². The highest BCUT2D eigenvalue weighted by Gasteiger charge is 1.98. The number of nitrogens with zero attached hydrogens (tertiary/aromatic N) is 1. The highest BCUT2D eigenvalue weighted by molar-refractivity contribution is 5.53. The summed E-state index contributed by atoms with van der Waals surface area (Å²) in [5.74, 6) is 5.80. The highest BCUT2D eigenvalue weighted by atomic mass is 16.5. The Balaban J connectivity index is 3.12. The summed E-state index contributed by atoms with van der Waals surface area (Å²) in [5, 5.41) is 8.60. The fraction of sp³-hybridized carbons (Fsp3) is 0.125. The number of hydrogen-bond acceptors (Lipinski definition) is 4. The molecule has 0 heterocycles. The first-order chi connectivity index (χ1) is 5.80. The molecule has 0 aliphatic carbocycles. The van der Waals surface area contributed by atoms with Crippen LogP contribution >= 0.6 is 0 Å². The monoisotopic (exact) mass is 163 g/mol. The standard InChI is InChI=1S/C8H9N3O/c1-12-8-3-6(5-9)2-7(4-8)11-10/h2-4,11H,10H2,1H3. The molecule has 0 bridgehead atoms. The van der Waals surface area contributed by atoms with E-state index in [0.717, 1.165) is 0 Å². The van der Waals surface area contributed by atoms with Gasteiger partial charge in [0.2, 0.25) is 0 Å². The van der Waals surface area contributed by atoms with Crippen LogP contribution in [-0.2, 0) is 0 Å². The number of anilines is 1. The van der Waals surface area contributed by atoms with Crippen molar-refractivity contribution in [1.82, 2.24) is 0 Å². The van der Waals surface area contributed by atoms with E-state index in [2.05, 4.69) is 5.43 Å². The highest BCUT2D eigenvalue weighted by Crippen LogP contribution is 2.19. The summed E-state index contributed by atoms with van der Waals surface area (Å²) < 4.78 is 4.95. The first-order valence-electron chi connectivity index (χ1n) is 3.36. The molecule has 3 N–H and O–H groups in total. The first kappa shape index (κ1) is 8.37. The number of nitriles is 1.